The molecule has 0 fully saturated rings. The summed E-state index contributed by atoms with van der Waals surface area (Å²) < 4.78 is 27.4. The summed E-state index contributed by atoms with van der Waals surface area (Å²) >= 11 is 12.3. The van der Waals surface area contributed by atoms with E-state index < -0.39 is 29.1 Å². The molecule has 0 saturated heterocycles. The fourth-order valence-electron chi connectivity index (χ4n) is 3.13. The summed E-state index contributed by atoms with van der Waals surface area (Å²) in [6.07, 6.45) is 3.74. The van der Waals surface area contributed by atoms with Crippen LogP contribution in [0.4, 0.5) is 19.3 Å². The van der Waals surface area contributed by atoms with Crippen LogP contribution >= 0.6 is 23.2 Å². The first kappa shape index (κ1) is 27.1. The lowest BCUT2D eigenvalue weighted by atomic mass is 10.1. The van der Waals surface area contributed by atoms with Gasteiger partial charge < -0.3 is 5.32 Å². The van der Waals surface area contributed by atoms with Crippen LogP contribution in [0.1, 0.15) is 41.3 Å². The van der Waals surface area contributed by atoms with Gasteiger partial charge in [-0.25, -0.2) is 13.6 Å². The number of nitrogens with one attached hydrogen (secondary N) is 3. The van der Waals surface area contributed by atoms with E-state index in [0.29, 0.717) is 21.4 Å². The number of carbonyl (C=O) groups excluding carboxylic acids is 2. The highest BCUT2D eigenvalue weighted by atomic mass is 35.5. The van der Waals surface area contributed by atoms with Crippen molar-refractivity contribution in [2.45, 2.75) is 26.4 Å². The van der Waals surface area contributed by atoms with Crippen molar-refractivity contribution in [1.82, 2.24) is 10.8 Å². The molecule has 0 radical (unpaired) electrons. The van der Waals surface area contributed by atoms with Crippen LogP contribution in [0.15, 0.2) is 66.7 Å². The molecule has 0 spiro atoms. The van der Waals surface area contributed by atoms with Crippen LogP contribution in [0, 0.1) is 11.6 Å². The molecule has 0 heterocycles. The van der Waals surface area contributed by atoms with Crippen molar-refractivity contribution >= 4 is 46.5 Å². The number of rotatable bonds is 9. The van der Waals surface area contributed by atoms with Crippen LogP contribution in [0.2, 0.25) is 10.0 Å². The minimum atomic E-state index is -1.19. The zero-order valence-electron chi connectivity index (χ0n) is 19.2. The van der Waals surface area contributed by atoms with Crippen LogP contribution in [0.3, 0.4) is 0 Å². The molecular formula is C26H23Cl2F2N3O3. The fourth-order valence-corrected chi connectivity index (χ4v) is 3.64. The molecule has 0 aliphatic heterocycles. The summed E-state index contributed by atoms with van der Waals surface area (Å²) in [6, 6.07) is 13.9. The van der Waals surface area contributed by atoms with Gasteiger partial charge in [-0.3, -0.25) is 20.4 Å². The summed E-state index contributed by atoms with van der Waals surface area (Å²) in [4.78, 5) is 29.7. The van der Waals surface area contributed by atoms with Gasteiger partial charge in [0, 0.05) is 16.3 Å². The first-order valence-corrected chi connectivity index (χ1v) is 11.7. The van der Waals surface area contributed by atoms with Crippen LogP contribution in [0.5, 0.6) is 0 Å². The lowest BCUT2D eigenvalue weighted by molar-refractivity contribution is 0.0645. The number of hydrogen-bond acceptors (Lipinski definition) is 4. The summed E-state index contributed by atoms with van der Waals surface area (Å²) in [5, 5.41) is 5.36. The second-order valence-corrected chi connectivity index (χ2v) is 8.47. The number of hydroxylamine groups is 1. The van der Waals surface area contributed by atoms with E-state index in [2.05, 4.69) is 17.7 Å². The lowest BCUT2D eigenvalue weighted by Crippen LogP contribution is -2.35. The van der Waals surface area contributed by atoms with Gasteiger partial charge in [0.05, 0.1) is 17.3 Å². The molecule has 3 aromatic carbocycles. The minimum absolute atomic E-state index is 0.201. The Kier molecular flexibility index (Phi) is 9.81. The van der Waals surface area contributed by atoms with E-state index in [9.17, 15) is 18.4 Å². The summed E-state index contributed by atoms with van der Waals surface area (Å²) in [5.74, 6) is -3.32. The molecule has 0 aliphatic rings. The predicted molar refractivity (Wildman–Crippen MR) is 137 cm³/mol. The van der Waals surface area contributed by atoms with E-state index in [1.807, 2.05) is 11.4 Å². The zero-order chi connectivity index (χ0) is 26.1. The van der Waals surface area contributed by atoms with Crippen LogP contribution < -0.4 is 16.1 Å². The minimum Gasteiger partial charge on any atom is -0.308 e. The number of amides is 3. The van der Waals surface area contributed by atoms with Crippen LogP contribution in [-0.4, -0.2) is 11.9 Å². The molecule has 3 N–H and O–H groups in total. The van der Waals surface area contributed by atoms with Gasteiger partial charge in [0.25, 0.3) is 5.91 Å². The first-order chi connectivity index (χ1) is 17.3. The number of urea groups is 1. The Morgan fingerprint density at radius 3 is 2.33 bits per heavy atom. The maximum absolute atomic E-state index is 13.7. The van der Waals surface area contributed by atoms with Gasteiger partial charge in [-0.15, -0.1) is 0 Å². The Hall–Kier alpha value is -3.46. The maximum Gasteiger partial charge on any atom is 0.326 e. The molecule has 36 heavy (non-hydrogen) atoms. The van der Waals surface area contributed by atoms with Crippen molar-refractivity contribution in [2.75, 3.05) is 5.32 Å². The van der Waals surface area contributed by atoms with E-state index in [1.54, 1.807) is 42.5 Å². The van der Waals surface area contributed by atoms with Crippen molar-refractivity contribution in [3.8, 4) is 0 Å². The van der Waals surface area contributed by atoms with Gasteiger partial charge in [0.15, 0.2) is 0 Å². The number of allylic oxidation sites excluding steroid dienone is 1. The molecule has 3 aromatic rings. The first-order valence-electron chi connectivity index (χ1n) is 11.0. The van der Waals surface area contributed by atoms with Gasteiger partial charge in [0.1, 0.15) is 17.2 Å². The normalized spacial score (nSPS) is 11.2. The highest BCUT2D eigenvalue weighted by Gasteiger charge is 2.19. The van der Waals surface area contributed by atoms with Gasteiger partial charge in [-0.05, 0) is 54.4 Å². The maximum atomic E-state index is 13.7. The van der Waals surface area contributed by atoms with Crippen molar-refractivity contribution in [2.24, 2.45) is 0 Å². The second-order valence-electron chi connectivity index (χ2n) is 7.62. The molecule has 0 bridgehead atoms. The Morgan fingerprint density at radius 2 is 1.69 bits per heavy atom. The van der Waals surface area contributed by atoms with Crippen molar-refractivity contribution in [1.29, 1.82) is 0 Å². The zero-order valence-corrected chi connectivity index (χ0v) is 20.7. The third kappa shape index (κ3) is 7.52. The molecule has 0 unspecified atom stereocenters. The molecule has 0 aromatic heterocycles. The molecule has 10 heteroatoms. The second kappa shape index (κ2) is 13.0. The topological polar surface area (TPSA) is 79.5 Å². The molecule has 3 amide bonds. The van der Waals surface area contributed by atoms with E-state index in [1.165, 1.54) is 0 Å². The number of carbonyl (C=O) groups is 2. The fraction of sp³-hybridized carbons (Fsp3) is 0.154. The number of imide groups is 1. The largest absolute Gasteiger partial charge is 0.326 e. The predicted octanol–water partition coefficient (Wildman–Crippen LogP) is 7.10. The smallest absolute Gasteiger partial charge is 0.308 e. The van der Waals surface area contributed by atoms with E-state index in [4.69, 9.17) is 28.0 Å². The molecule has 0 aliphatic carbocycles. The number of unbranched alkanes of at least 4 members (excludes halogenated alkanes) is 1. The van der Waals surface area contributed by atoms with E-state index in [0.717, 1.165) is 42.2 Å². The highest BCUT2D eigenvalue weighted by molar-refractivity contribution is 6.35. The summed E-state index contributed by atoms with van der Waals surface area (Å²) in [5.41, 5.74) is 4.71. The molecule has 0 atom stereocenters. The number of hydrogen-bond donors (Lipinski definition) is 3. The molecule has 3 rings (SSSR count). The molecule has 0 saturated carbocycles. The molecule has 188 valence electrons. The number of anilines is 1. The van der Waals surface area contributed by atoms with Crippen LogP contribution in [-0.2, 0) is 11.4 Å². The van der Waals surface area contributed by atoms with E-state index >= 15 is 0 Å². The molecule has 6 nitrogen and oxygen atoms in total. The van der Waals surface area contributed by atoms with Crippen molar-refractivity contribution < 1.29 is 23.2 Å². The third-order valence-electron chi connectivity index (χ3n) is 4.91. The number of halogens is 4. The SMILES string of the molecule is CCCC=C(NOCc1ccc(NC(=O)NC(=O)c2c(F)cccc2F)cc1)c1ccc(Cl)cc1Cl. The Labute approximate surface area is 217 Å². The highest BCUT2D eigenvalue weighted by Crippen LogP contribution is 2.26. The summed E-state index contributed by atoms with van der Waals surface area (Å²) in [6.45, 7) is 2.26. The van der Waals surface area contributed by atoms with E-state index in [-0.39, 0.29) is 6.61 Å². The third-order valence-corrected chi connectivity index (χ3v) is 5.46. The molecular weight excluding hydrogens is 511 g/mol. The van der Waals surface area contributed by atoms with Crippen LogP contribution in [0.25, 0.3) is 5.70 Å². The lowest BCUT2D eigenvalue weighted by Gasteiger charge is -2.14. The van der Waals surface area contributed by atoms with Gasteiger partial charge >= 0.3 is 6.03 Å². The quantitative estimate of drug-likeness (QED) is 0.256. The standard InChI is InChI=1S/C26H23Cl2F2N3O3/c1-2-3-7-23(19-13-10-17(27)14-20(19)28)33-36-15-16-8-11-18(12-9-16)31-26(35)32-25(34)24-21(29)5-4-6-22(24)30/h4-14,33H,2-3,15H2,1H3,(H2,31,32,34,35). The summed E-state index contributed by atoms with van der Waals surface area (Å²) in [7, 11) is 0. The van der Waals surface area contributed by atoms with Crippen molar-refractivity contribution in [3.63, 3.8) is 0 Å². The monoisotopic (exact) mass is 533 g/mol. The number of benzene rings is 3. The Balaban J connectivity index is 1.55. The van der Waals surface area contributed by atoms with Gasteiger partial charge in [0.2, 0.25) is 0 Å². The van der Waals surface area contributed by atoms with Gasteiger partial charge in [-0.1, -0.05) is 60.8 Å². The average Bonchev–Trinajstić information content (AvgIpc) is 2.82. The van der Waals surface area contributed by atoms with Crippen molar-refractivity contribution in [3.05, 3.63) is 105 Å². The van der Waals surface area contributed by atoms with Gasteiger partial charge in [-0.2, -0.15) is 0 Å². The Morgan fingerprint density at radius 1 is 1.00 bits per heavy atom. The average molecular weight is 534 g/mol. The Bertz CT molecular complexity index is 1250.